The van der Waals surface area contributed by atoms with Gasteiger partial charge in [-0.3, -0.25) is 28.2 Å². The van der Waals surface area contributed by atoms with Crippen LogP contribution in [0.15, 0.2) is 85.1 Å². The molecule has 4 N–H and O–H groups in total. The Bertz CT molecular complexity index is 1380. The summed E-state index contributed by atoms with van der Waals surface area (Å²) < 4.78 is 32.6. The van der Waals surface area contributed by atoms with E-state index in [4.69, 9.17) is 24.8 Å². The Morgan fingerprint density at radius 1 is 0.593 bits per heavy atom. The molecule has 0 radical (unpaired) electrons. The number of hydrogen-bond acceptors (Lipinski definition) is 10. The first-order chi connectivity index (χ1) is 28.5. The first-order valence-corrected chi connectivity index (χ1v) is 23.1. The highest BCUT2D eigenvalue weighted by Crippen LogP contribution is 2.43. The minimum Gasteiger partial charge on any atom is -0.480 e. The lowest BCUT2D eigenvalue weighted by molar-refractivity contribution is -0.161. The van der Waals surface area contributed by atoms with Crippen LogP contribution in [0.4, 0.5) is 0 Å². The normalized spacial score (nSPS) is 14.4. The number of unbranched alkanes of at least 4 members (excludes halogenated alkanes) is 10. The quantitative estimate of drug-likeness (QED) is 0.0133. The number of allylic oxidation sites excluding steroid dienone is 14. The van der Waals surface area contributed by atoms with Crippen molar-refractivity contribution in [2.45, 2.75) is 161 Å². The van der Waals surface area contributed by atoms with Gasteiger partial charge in [-0.15, -0.1) is 0 Å². The van der Waals surface area contributed by atoms with Gasteiger partial charge in [0.15, 0.2) is 11.9 Å². The summed E-state index contributed by atoms with van der Waals surface area (Å²) in [7, 11) is -4.75. The zero-order chi connectivity index (χ0) is 43.7. The summed E-state index contributed by atoms with van der Waals surface area (Å²) >= 11 is 0. The van der Waals surface area contributed by atoms with Gasteiger partial charge in [0, 0.05) is 19.3 Å². The second-order valence-electron chi connectivity index (χ2n) is 14.1. The van der Waals surface area contributed by atoms with Gasteiger partial charge in [0.25, 0.3) is 0 Å². The van der Waals surface area contributed by atoms with Crippen molar-refractivity contribution < 1.29 is 52.3 Å². The number of carboxylic acids is 1. The van der Waals surface area contributed by atoms with E-state index in [2.05, 4.69) is 79.1 Å². The molecular weight excluding hydrogens is 773 g/mol. The molecule has 0 aromatic heterocycles. The number of aliphatic carboxylic acids is 1. The molecule has 0 fully saturated rings. The molecule has 1 unspecified atom stereocenters. The number of carbonyl (C=O) groups is 4. The van der Waals surface area contributed by atoms with Crippen molar-refractivity contribution in [2.75, 3.05) is 19.8 Å². The van der Waals surface area contributed by atoms with Gasteiger partial charge in [-0.2, -0.15) is 0 Å². The van der Waals surface area contributed by atoms with Crippen LogP contribution in [-0.2, 0) is 42.3 Å². The largest absolute Gasteiger partial charge is 0.480 e. The standard InChI is InChI=1S/C46H74NO11P/c1-3-5-7-8-9-10-11-12-13-14-15-16-17-18-19-22-26-29-33-37-45(50)58-42(39-56-59(53,54)57-40-43(47)46(51)52)38-55-44(49)36-32-28-25-23-20-21-24-27-31-35-41(48)34-30-6-4-2/h5,7,9-10,12-13,15-16,18-19,24,27,31,35,42-43H,3-4,6,8,11,14,17,20-23,25-26,28-30,32-34,36-40,47H2,1-2H3,(H,51,52)(H,53,54)/b7-5-,10-9-,13-12-,16-15-,19-18-,27-24-,35-31+/t42-,43+/m1/s1. The van der Waals surface area contributed by atoms with Crippen molar-refractivity contribution in [1.29, 1.82) is 0 Å². The molecule has 3 atom stereocenters. The second kappa shape index (κ2) is 39.8. The number of carbonyl (C=O) groups excluding carboxylic acids is 3. The average Bonchev–Trinajstić information content (AvgIpc) is 3.20. The highest BCUT2D eigenvalue weighted by atomic mass is 31.2. The maximum atomic E-state index is 12.6. The van der Waals surface area contributed by atoms with Gasteiger partial charge in [0.2, 0.25) is 0 Å². The molecular formula is C46H74NO11P. The molecule has 0 aromatic carbocycles. The predicted molar refractivity (Wildman–Crippen MR) is 235 cm³/mol. The maximum absolute atomic E-state index is 12.6. The van der Waals surface area contributed by atoms with Crippen LogP contribution in [0.5, 0.6) is 0 Å². The summed E-state index contributed by atoms with van der Waals surface area (Å²) in [6.07, 6.45) is 44.9. The Hall–Kier alpha value is -3.67. The fourth-order valence-corrected chi connectivity index (χ4v) is 5.97. The lowest BCUT2D eigenvalue weighted by Gasteiger charge is -2.20. The van der Waals surface area contributed by atoms with E-state index in [9.17, 15) is 28.6 Å². The Kier molecular flexibility index (Phi) is 37.3. The van der Waals surface area contributed by atoms with Crippen LogP contribution >= 0.6 is 7.82 Å². The second-order valence-corrected chi connectivity index (χ2v) is 15.6. The lowest BCUT2D eigenvalue weighted by Crippen LogP contribution is -2.34. The summed E-state index contributed by atoms with van der Waals surface area (Å²) in [5.74, 6) is -2.35. The van der Waals surface area contributed by atoms with Gasteiger partial charge in [0.05, 0.1) is 13.2 Å². The highest BCUT2D eigenvalue weighted by Gasteiger charge is 2.28. The number of rotatable bonds is 39. The molecule has 0 aliphatic heterocycles. The van der Waals surface area contributed by atoms with Crippen LogP contribution in [0.3, 0.4) is 0 Å². The number of hydrogen-bond donors (Lipinski definition) is 3. The van der Waals surface area contributed by atoms with Crippen LogP contribution in [0.1, 0.15) is 149 Å². The Labute approximate surface area is 354 Å². The summed E-state index contributed by atoms with van der Waals surface area (Å²) in [4.78, 5) is 57.7. The highest BCUT2D eigenvalue weighted by molar-refractivity contribution is 7.47. The van der Waals surface area contributed by atoms with Crippen LogP contribution < -0.4 is 5.73 Å². The van der Waals surface area contributed by atoms with E-state index in [0.717, 1.165) is 103 Å². The van der Waals surface area contributed by atoms with Gasteiger partial charge in [-0.05, 0) is 83.1 Å². The van der Waals surface area contributed by atoms with Gasteiger partial charge in [0.1, 0.15) is 12.6 Å². The number of nitrogens with two attached hydrogens (primary N) is 1. The van der Waals surface area contributed by atoms with Crippen molar-refractivity contribution in [3.05, 3.63) is 85.1 Å². The number of ether oxygens (including phenoxy) is 2. The third kappa shape index (κ3) is 39.6. The fourth-order valence-electron chi connectivity index (χ4n) is 5.19. The molecule has 0 aliphatic rings. The first-order valence-electron chi connectivity index (χ1n) is 21.6. The van der Waals surface area contributed by atoms with E-state index in [0.29, 0.717) is 19.3 Å². The SMILES string of the molecule is CC/C=C\C/C=C\C/C=C\C/C=C\C/C=C\CCCCCC(=O)O[C@H](COC(=O)CCCCCCC/C=C\C=C\C(=O)CCCCC)COP(=O)(O)OC[C@H](N)C(=O)O. The molecule has 0 spiro atoms. The molecule has 334 valence electrons. The van der Waals surface area contributed by atoms with Gasteiger partial charge >= 0.3 is 25.7 Å². The van der Waals surface area contributed by atoms with E-state index in [-0.39, 0.29) is 18.6 Å². The smallest absolute Gasteiger partial charge is 0.472 e. The third-order valence-electron chi connectivity index (χ3n) is 8.60. The van der Waals surface area contributed by atoms with Crippen molar-refractivity contribution in [3.8, 4) is 0 Å². The molecule has 13 heteroatoms. The Morgan fingerprint density at radius 2 is 1.10 bits per heavy atom. The minimum absolute atomic E-state index is 0.0994. The Balaban J connectivity index is 4.52. The minimum atomic E-state index is -4.75. The summed E-state index contributed by atoms with van der Waals surface area (Å²) in [5, 5.41) is 8.89. The molecule has 12 nitrogen and oxygen atoms in total. The van der Waals surface area contributed by atoms with Gasteiger partial charge in [-0.25, -0.2) is 4.57 Å². The Morgan fingerprint density at radius 3 is 1.71 bits per heavy atom. The zero-order valence-electron chi connectivity index (χ0n) is 35.8. The van der Waals surface area contributed by atoms with Crippen molar-refractivity contribution >= 4 is 31.5 Å². The monoisotopic (exact) mass is 847 g/mol. The molecule has 0 saturated heterocycles. The van der Waals surface area contributed by atoms with E-state index in [1.807, 2.05) is 12.2 Å². The van der Waals surface area contributed by atoms with Gasteiger partial charge in [-0.1, -0.05) is 131 Å². The number of carboxylic acid groups (broad SMARTS) is 1. The number of esters is 2. The first kappa shape index (κ1) is 55.3. The van der Waals surface area contributed by atoms with Crippen molar-refractivity contribution in [3.63, 3.8) is 0 Å². The number of phosphoric ester groups is 1. The molecule has 0 rings (SSSR count). The maximum Gasteiger partial charge on any atom is 0.472 e. The zero-order valence-corrected chi connectivity index (χ0v) is 36.7. The number of phosphoric acid groups is 1. The molecule has 0 saturated carbocycles. The molecule has 0 heterocycles. The van der Waals surface area contributed by atoms with E-state index in [1.165, 1.54) is 0 Å². The van der Waals surface area contributed by atoms with E-state index >= 15 is 0 Å². The summed E-state index contributed by atoms with van der Waals surface area (Å²) in [6, 6.07) is -1.54. The predicted octanol–water partition coefficient (Wildman–Crippen LogP) is 10.7. The lowest BCUT2D eigenvalue weighted by atomic mass is 10.1. The van der Waals surface area contributed by atoms with E-state index < -0.39 is 57.7 Å². The molecule has 0 aliphatic carbocycles. The van der Waals surface area contributed by atoms with E-state index in [1.54, 1.807) is 12.2 Å². The van der Waals surface area contributed by atoms with Crippen LogP contribution in [0.25, 0.3) is 0 Å². The molecule has 0 bridgehead atoms. The molecule has 59 heavy (non-hydrogen) atoms. The fraction of sp³-hybridized carbons (Fsp3) is 0.609. The topological polar surface area (TPSA) is 189 Å². The molecule has 0 amide bonds. The van der Waals surface area contributed by atoms with Gasteiger partial charge < -0.3 is 25.2 Å². The van der Waals surface area contributed by atoms with Crippen molar-refractivity contribution in [2.24, 2.45) is 5.73 Å². The molecule has 0 aromatic rings. The summed E-state index contributed by atoms with van der Waals surface area (Å²) in [6.45, 7) is 2.44. The van der Waals surface area contributed by atoms with Crippen LogP contribution in [0, 0.1) is 0 Å². The number of ketones is 1. The summed E-state index contributed by atoms with van der Waals surface area (Å²) in [5.41, 5.74) is 5.32. The third-order valence-corrected chi connectivity index (χ3v) is 9.55. The van der Waals surface area contributed by atoms with Crippen molar-refractivity contribution in [1.82, 2.24) is 0 Å². The average molecular weight is 848 g/mol. The van der Waals surface area contributed by atoms with Crippen LogP contribution in [-0.4, -0.2) is 65.7 Å². The van der Waals surface area contributed by atoms with Crippen LogP contribution in [0.2, 0.25) is 0 Å².